The Bertz CT molecular complexity index is 1020. The number of hydrogen-bond acceptors (Lipinski definition) is 4. The van der Waals surface area contributed by atoms with Gasteiger partial charge in [0.05, 0.1) is 17.5 Å². The van der Waals surface area contributed by atoms with E-state index in [1.165, 1.54) is 24.5 Å². The molecule has 7 heteroatoms. The molecule has 1 aromatic heterocycles. The van der Waals surface area contributed by atoms with Crippen LogP contribution < -0.4 is 10.6 Å². The maximum Gasteiger partial charge on any atom is 0.337 e. The SMILES string of the molecule is O=C(Nc1ccccc1C(=O)O)C(=Cc1ccco1)NC(=O)c1ccccc1. The lowest BCUT2D eigenvalue weighted by Gasteiger charge is -2.12. The van der Waals surface area contributed by atoms with Crippen molar-refractivity contribution in [2.24, 2.45) is 0 Å². The van der Waals surface area contributed by atoms with Gasteiger partial charge >= 0.3 is 5.97 Å². The third kappa shape index (κ3) is 4.53. The molecule has 2 amide bonds. The highest BCUT2D eigenvalue weighted by Gasteiger charge is 2.18. The van der Waals surface area contributed by atoms with E-state index in [0.29, 0.717) is 11.3 Å². The fourth-order valence-corrected chi connectivity index (χ4v) is 2.43. The second-order valence-electron chi connectivity index (χ2n) is 5.70. The van der Waals surface area contributed by atoms with Crippen molar-refractivity contribution in [3.63, 3.8) is 0 Å². The summed E-state index contributed by atoms with van der Waals surface area (Å²) >= 11 is 0. The Morgan fingerprint density at radius 1 is 0.893 bits per heavy atom. The van der Waals surface area contributed by atoms with Gasteiger partial charge in [0.15, 0.2) is 0 Å². The Kier molecular flexibility index (Phi) is 5.66. The summed E-state index contributed by atoms with van der Waals surface area (Å²) in [6.45, 7) is 0. The lowest BCUT2D eigenvalue weighted by Crippen LogP contribution is -2.31. The molecule has 3 rings (SSSR count). The van der Waals surface area contributed by atoms with Gasteiger partial charge in [-0.1, -0.05) is 30.3 Å². The largest absolute Gasteiger partial charge is 0.478 e. The minimum atomic E-state index is -1.18. The number of carboxylic acid groups (broad SMARTS) is 1. The molecule has 7 nitrogen and oxygen atoms in total. The Labute approximate surface area is 160 Å². The van der Waals surface area contributed by atoms with Crippen molar-refractivity contribution in [3.8, 4) is 0 Å². The molecular formula is C21H16N2O5. The summed E-state index contributed by atoms with van der Waals surface area (Å²) in [6, 6.07) is 17.6. The molecule has 140 valence electrons. The van der Waals surface area contributed by atoms with Gasteiger partial charge in [0.1, 0.15) is 11.5 Å². The van der Waals surface area contributed by atoms with Crippen molar-refractivity contribution >= 4 is 29.5 Å². The summed E-state index contributed by atoms with van der Waals surface area (Å²) in [6.07, 6.45) is 2.79. The highest BCUT2D eigenvalue weighted by atomic mass is 16.4. The van der Waals surface area contributed by atoms with E-state index >= 15 is 0 Å². The smallest absolute Gasteiger partial charge is 0.337 e. The van der Waals surface area contributed by atoms with Gasteiger partial charge in [-0.2, -0.15) is 0 Å². The van der Waals surface area contributed by atoms with Crippen molar-refractivity contribution in [2.75, 3.05) is 5.32 Å². The average Bonchev–Trinajstić information content (AvgIpc) is 3.21. The number of carbonyl (C=O) groups is 3. The molecule has 0 spiro atoms. The summed E-state index contributed by atoms with van der Waals surface area (Å²) in [4.78, 5) is 36.6. The van der Waals surface area contributed by atoms with Crippen molar-refractivity contribution in [3.05, 3.63) is 95.6 Å². The van der Waals surface area contributed by atoms with Gasteiger partial charge in [0.2, 0.25) is 0 Å². The maximum absolute atomic E-state index is 12.8. The molecule has 0 aliphatic heterocycles. The van der Waals surface area contributed by atoms with Crippen molar-refractivity contribution in [1.82, 2.24) is 5.32 Å². The van der Waals surface area contributed by atoms with Gasteiger partial charge in [-0.3, -0.25) is 9.59 Å². The highest BCUT2D eigenvalue weighted by molar-refractivity contribution is 6.12. The van der Waals surface area contributed by atoms with E-state index in [1.54, 1.807) is 54.6 Å². The lowest BCUT2D eigenvalue weighted by molar-refractivity contribution is -0.113. The Hall–Kier alpha value is -4.13. The predicted molar refractivity (Wildman–Crippen MR) is 103 cm³/mol. The number of hydrogen-bond donors (Lipinski definition) is 3. The van der Waals surface area contributed by atoms with E-state index in [1.807, 2.05) is 0 Å². The number of rotatable bonds is 6. The standard InChI is InChI=1S/C21H16N2O5/c24-19(14-7-2-1-3-8-14)23-18(13-15-9-6-12-28-15)20(25)22-17-11-5-4-10-16(17)21(26)27/h1-13H,(H,22,25)(H,23,24)(H,26,27). The first-order valence-corrected chi connectivity index (χ1v) is 8.30. The van der Waals surface area contributed by atoms with Gasteiger partial charge in [0, 0.05) is 11.6 Å². The normalized spacial score (nSPS) is 10.9. The number of carboxylic acids is 1. The van der Waals surface area contributed by atoms with E-state index in [9.17, 15) is 19.5 Å². The van der Waals surface area contributed by atoms with Crippen LogP contribution in [-0.4, -0.2) is 22.9 Å². The molecule has 0 unspecified atom stereocenters. The summed E-state index contributed by atoms with van der Waals surface area (Å²) in [5, 5.41) is 14.3. The van der Waals surface area contributed by atoms with Gasteiger partial charge < -0.3 is 20.2 Å². The monoisotopic (exact) mass is 376 g/mol. The van der Waals surface area contributed by atoms with Gasteiger partial charge in [-0.05, 0) is 36.4 Å². The molecule has 2 aromatic carbocycles. The summed E-state index contributed by atoms with van der Waals surface area (Å²) < 4.78 is 5.21. The zero-order valence-electron chi connectivity index (χ0n) is 14.6. The van der Waals surface area contributed by atoms with Gasteiger partial charge in [-0.15, -0.1) is 0 Å². The minimum Gasteiger partial charge on any atom is -0.478 e. The number of aromatic carboxylic acids is 1. The number of para-hydroxylation sites is 1. The van der Waals surface area contributed by atoms with Crippen LogP contribution in [-0.2, 0) is 4.79 Å². The van der Waals surface area contributed by atoms with Crippen molar-refractivity contribution in [1.29, 1.82) is 0 Å². The topological polar surface area (TPSA) is 109 Å². The first kappa shape index (κ1) is 18.7. The quantitative estimate of drug-likeness (QED) is 0.572. The number of carbonyl (C=O) groups excluding carboxylic acids is 2. The average molecular weight is 376 g/mol. The fourth-order valence-electron chi connectivity index (χ4n) is 2.43. The molecule has 0 saturated carbocycles. The molecule has 0 fully saturated rings. The molecule has 0 radical (unpaired) electrons. The number of amides is 2. The number of anilines is 1. The second-order valence-corrected chi connectivity index (χ2v) is 5.70. The van der Waals surface area contributed by atoms with E-state index in [4.69, 9.17) is 4.42 Å². The highest BCUT2D eigenvalue weighted by Crippen LogP contribution is 2.16. The Morgan fingerprint density at radius 3 is 2.29 bits per heavy atom. The molecule has 0 saturated heterocycles. The number of nitrogens with one attached hydrogen (secondary N) is 2. The second kappa shape index (κ2) is 8.50. The third-order valence-electron chi connectivity index (χ3n) is 3.76. The van der Waals surface area contributed by atoms with Crippen molar-refractivity contribution < 1.29 is 23.9 Å². The lowest BCUT2D eigenvalue weighted by atomic mass is 10.1. The third-order valence-corrected chi connectivity index (χ3v) is 3.76. The summed E-state index contributed by atoms with van der Waals surface area (Å²) in [5.74, 6) is -2.00. The minimum absolute atomic E-state index is 0.0671. The van der Waals surface area contributed by atoms with E-state index in [0.717, 1.165) is 0 Å². The summed E-state index contributed by atoms with van der Waals surface area (Å²) in [7, 11) is 0. The van der Waals surface area contributed by atoms with Crippen LogP contribution in [0.4, 0.5) is 5.69 Å². The summed E-state index contributed by atoms with van der Waals surface area (Å²) in [5.41, 5.74) is 0.317. The van der Waals surface area contributed by atoms with Crippen LogP contribution in [0, 0.1) is 0 Å². The van der Waals surface area contributed by atoms with Crippen LogP contribution in [0.25, 0.3) is 6.08 Å². The van der Waals surface area contributed by atoms with Gasteiger partial charge in [-0.25, -0.2) is 4.79 Å². The molecule has 0 aliphatic rings. The maximum atomic E-state index is 12.8. The molecule has 1 heterocycles. The number of benzene rings is 2. The van der Waals surface area contributed by atoms with Crippen molar-refractivity contribution in [2.45, 2.75) is 0 Å². The van der Waals surface area contributed by atoms with Crippen LogP contribution in [0.1, 0.15) is 26.5 Å². The van der Waals surface area contributed by atoms with Crippen LogP contribution in [0.2, 0.25) is 0 Å². The van der Waals surface area contributed by atoms with E-state index in [-0.39, 0.29) is 16.9 Å². The van der Waals surface area contributed by atoms with Crippen LogP contribution >= 0.6 is 0 Å². The van der Waals surface area contributed by atoms with Gasteiger partial charge in [0.25, 0.3) is 11.8 Å². The first-order valence-electron chi connectivity index (χ1n) is 8.30. The molecule has 0 aliphatic carbocycles. The predicted octanol–water partition coefficient (Wildman–Crippen LogP) is 3.39. The Morgan fingerprint density at radius 2 is 1.61 bits per heavy atom. The molecule has 28 heavy (non-hydrogen) atoms. The van der Waals surface area contributed by atoms with E-state index < -0.39 is 17.8 Å². The fraction of sp³-hybridized carbons (Fsp3) is 0. The first-order chi connectivity index (χ1) is 13.5. The molecular weight excluding hydrogens is 360 g/mol. The Balaban J connectivity index is 1.88. The van der Waals surface area contributed by atoms with Crippen LogP contribution in [0.3, 0.4) is 0 Å². The van der Waals surface area contributed by atoms with Crippen LogP contribution in [0.15, 0.2) is 83.1 Å². The van der Waals surface area contributed by atoms with Crippen LogP contribution in [0.5, 0.6) is 0 Å². The zero-order valence-corrected chi connectivity index (χ0v) is 14.6. The molecule has 3 aromatic rings. The zero-order chi connectivity index (χ0) is 19.9. The molecule has 0 atom stereocenters. The molecule has 0 bridgehead atoms. The molecule has 3 N–H and O–H groups in total. The number of furan rings is 1. The van der Waals surface area contributed by atoms with E-state index in [2.05, 4.69) is 10.6 Å².